The molecule has 0 saturated heterocycles. The summed E-state index contributed by atoms with van der Waals surface area (Å²) in [4.78, 5) is 0. The van der Waals surface area contributed by atoms with Crippen molar-refractivity contribution in [3.05, 3.63) is 18.6 Å². The molecule has 0 amide bonds. The minimum Gasteiger partial charge on any atom is -0.377 e. The fourth-order valence-electron chi connectivity index (χ4n) is 0.703. The molecule has 0 aliphatic heterocycles. The zero-order chi connectivity index (χ0) is 9.61. The van der Waals surface area contributed by atoms with Gasteiger partial charge in [0.15, 0.2) is 0 Å². The van der Waals surface area contributed by atoms with Crippen LogP contribution in [0, 0.1) is 6.92 Å². The molecule has 12 heavy (non-hydrogen) atoms. The molecule has 0 atom stereocenters. The van der Waals surface area contributed by atoms with Crippen LogP contribution < -0.4 is 0 Å². The lowest BCUT2D eigenvalue weighted by Gasteiger charge is -2.08. The van der Waals surface area contributed by atoms with Gasteiger partial charge in [0.25, 0.3) is 0 Å². The van der Waals surface area contributed by atoms with Crippen LogP contribution in [0.2, 0.25) is 0 Å². The number of allylic oxidation sites excluding steroid dienone is 1. The minimum atomic E-state index is -4.22. The van der Waals surface area contributed by atoms with Gasteiger partial charge in [-0.15, -0.1) is 0 Å². The third-order valence-corrected chi connectivity index (χ3v) is 1.34. The first-order valence-corrected chi connectivity index (χ1v) is 3.65. The average molecular weight is 181 g/mol. The molecule has 0 heterocycles. The Morgan fingerprint density at radius 2 is 2.08 bits per heavy atom. The van der Waals surface area contributed by atoms with Crippen LogP contribution in [0.1, 0.15) is 13.3 Å². The van der Waals surface area contributed by atoms with E-state index in [1.807, 2.05) is 0 Å². The Morgan fingerprint density at radius 3 is 2.42 bits per heavy atom. The molecule has 0 fully saturated rings. The Labute approximate surface area is 70.2 Å². The van der Waals surface area contributed by atoms with Crippen molar-refractivity contribution in [1.82, 2.24) is 0 Å². The lowest BCUT2D eigenvalue weighted by atomic mass is 10.2. The summed E-state index contributed by atoms with van der Waals surface area (Å²) in [6, 6.07) is 0. The predicted octanol–water partition coefficient (Wildman–Crippen LogP) is 2.74. The largest absolute Gasteiger partial charge is 0.412 e. The van der Waals surface area contributed by atoms with E-state index < -0.39 is 11.7 Å². The molecule has 0 aliphatic carbocycles. The van der Waals surface area contributed by atoms with Gasteiger partial charge in [-0.3, -0.25) is 0 Å². The third kappa shape index (κ3) is 4.38. The molecule has 0 rings (SSSR count). The van der Waals surface area contributed by atoms with Gasteiger partial charge in [-0.2, -0.15) is 13.2 Å². The van der Waals surface area contributed by atoms with Gasteiger partial charge in [0, 0.05) is 12.2 Å². The average Bonchev–Trinajstić information content (AvgIpc) is 1.95. The topological polar surface area (TPSA) is 9.23 Å². The first kappa shape index (κ1) is 11.5. The number of alkyl halides is 3. The second-order valence-corrected chi connectivity index (χ2v) is 2.16. The number of ether oxygens (including phenoxy) is 1. The molecule has 1 radical (unpaired) electrons. The second kappa shape index (κ2) is 5.19. The highest BCUT2D eigenvalue weighted by molar-refractivity contribution is 5.08. The van der Waals surface area contributed by atoms with Crippen LogP contribution in [-0.4, -0.2) is 19.4 Å². The summed E-state index contributed by atoms with van der Waals surface area (Å²) < 4.78 is 40.7. The normalized spacial score (nSPS) is 13.6. The quantitative estimate of drug-likeness (QED) is 0.478. The van der Waals surface area contributed by atoms with Crippen molar-refractivity contribution >= 4 is 0 Å². The predicted molar refractivity (Wildman–Crippen MR) is 40.6 cm³/mol. The molecule has 0 aromatic heterocycles. The fourth-order valence-corrected chi connectivity index (χ4v) is 0.703. The van der Waals surface area contributed by atoms with Crippen molar-refractivity contribution in [3.8, 4) is 0 Å². The van der Waals surface area contributed by atoms with Crippen molar-refractivity contribution in [2.24, 2.45) is 0 Å². The maximum absolute atomic E-state index is 12.0. The van der Waals surface area contributed by atoms with E-state index in [1.54, 1.807) is 0 Å². The summed E-state index contributed by atoms with van der Waals surface area (Å²) in [7, 11) is 0. The highest BCUT2D eigenvalue weighted by Crippen LogP contribution is 2.27. The second-order valence-electron chi connectivity index (χ2n) is 2.16. The molecule has 0 spiro atoms. The van der Waals surface area contributed by atoms with Crippen LogP contribution in [0.15, 0.2) is 11.6 Å². The molecule has 0 unspecified atom stereocenters. The molecule has 0 bridgehead atoms. The van der Waals surface area contributed by atoms with Gasteiger partial charge in [-0.05, 0) is 13.3 Å². The zero-order valence-electron chi connectivity index (χ0n) is 6.95. The molecule has 0 aromatic rings. The van der Waals surface area contributed by atoms with Gasteiger partial charge < -0.3 is 4.74 Å². The summed E-state index contributed by atoms with van der Waals surface area (Å²) in [5.41, 5.74) is -0.545. The van der Waals surface area contributed by atoms with Crippen LogP contribution >= 0.6 is 0 Å². The summed E-state index contributed by atoms with van der Waals surface area (Å²) >= 11 is 0. The summed E-state index contributed by atoms with van der Waals surface area (Å²) in [5, 5.41) is 0. The highest BCUT2D eigenvalue weighted by Gasteiger charge is 2.31. The Morgan fingerprint density at radius 1 is 1.50 bits per heavy atom. The van der Waals surface area contributed by atoms with Gasteiger partial charge in [-0.25, -0.2) is 0 Å². The van der Waals surface area contributed by atoms with Gasteiger partial charge >= 0.3 is 6.18 Å². The molecule has 0 aliphatic rings. The van der Waals surface area contributed by atoms with E-state index in [-0.39, 0.29) is 19.6 Å². The molecule has 0 saturated carbocycles. The minimum absolute atomic E-state index is 0.0216. The fraction of sp³-hybridized carbons (Fsp3) is 0.625. The molecule has 0 N–H and O–H groups in total. The molecule has 4 heteroatoms. The van der Waals surface area contributed by atoms with E-state index in [1.165, 1.54) is 6.92 Å². The smallest absolute Gasteiger partial charge is 0.377 e. The monoisotopic (exact) mass is 181 g/mol. The first-order valence-electron chi connectivity index (χ1n) is 3.65. The van der Waals surface area contributed by atoms with E-state index in [4.69, 9.17) is 0 Å². The number of halogens is 3. The van der Waals surface area contributed by atoms with Crippen molar-refractivity contribution in [1.29, 1.82) is 0 Å². The Balaban J connectivity index is 4.05. The van der Waals surface area contributed by atoms with E-state index in [0.717, 1.165) is 6.08 Å². The van der Waals surface area contributed by atoms with Crippen LogP contribution in [0.3, 0.4) is 0 Å². The Kier molecular flexibility index (Phi) is 4.97. The van der Waals surface area contributed by atoms with Crippen molar-refractivity contribution in [3.63, 3.8) is 0 Å². The highest BCUT2D eigenvalue weighted by atomic mass is 19.4. The lowest BCUT2D eigenvalue weighted by Crippen LogP contribution is -2.12. The van der Waals surface area contributed by atoms with Crippen LogP contribution in [0.4, 0.5) is 13.2 Å². The molecular weight excluding hydrogens is 169 g/mol. The zero-order valence-corrected chi connectivity index (χ0v) is 6.95. The Hall–Kier alpha value is -0.510. The van der Waals surface area contributed by atoms with E-state index >= 15 is 0 Å². The SMILES string of the molecule is [CH2]COCC=C(CC)C(F)(F)F. The molecule has 1 nitrogen and oxygen atoms in total. The van der Waals surface area contributed by atoms with Crippen LogP contribution in [0.5, 0.6) is 0 Å². The first-order chi connectivity index (χ1) is 5.52. The third-order valence-electron chi connectivity index (χ3n) is 1.34. The van der Waals surface area contributed by atoms with Crippen LogP contribution in [-0.2, 0) is 4.74 Å². The summed E-state index contributed by atoms with van der Waals surface area (Å²) in [6.07, 6.45) is -3.20. The van der Waals surface area contributed by atoms with Crippen LogP contribution in [0.25, 0.3) is 0 Å². The molecule has 71 valence electrons. The standard InChI is InChI=1S/C8H12F3O/c1-3-7(8(9,10)11)5-6-12-4-2/h5H,2-4,6H2,1H3. The van der Waals surface area contributed by atoms with Crippen molar-refractivity contribution < 1.29 is 17.9 Å². The van der Waals surface area contributed by atoms with Gasteiger partial charge in [-0.1, -0.05) is 13.0 Å². The van der Waals surface area contributed by atoms with E-state index in [9.17, 15) is 13.2 Å². The van der Waals surface area contributed by atoms with Gasteiger partial charge in [0.05, 0.1) is 6.61 Å². The summed E-state index contributed by atoms with van der Waals surface area (Å²) in [6.45, 7) is 4.96. The molecular formula is C8H12F3O. The Bertz CT molecular complexity index is 149. The van der Waals surface area contributed by atoms with Gasteiger partial charge in [0.2, 0.25) is 0 Å². The number of hydrogen-bond donors (Lipinski definition) is 0. The van der Waals surface area contributed by atoms with Gasteiger partial charge in [0.1, 0.15) is 0 Å². The van der Waals surface area contributed by atoms with Crippen molar-refractivity contribution in [2.75, 3.05) is 13.2 Å². The summed E-state index contributed by atoms with van der Waals surface area (Å²) in [5.74, 6) is 0. The molecule has 0 aromatic carbocycles. The maximum Gasteiger partial charge on any atom is 0.412 e. The van der Waals surface area contributed by atoms with E-state index in [2.05, 4.69) is 11.7 Å². The number of rotatable bonds is 4. The maximum atomic E-state index is 12.0. The number of hydrogen-bond acceptors (Lipinski definition) is 1. The lowest BCUT2D eigenvalue weighted by molar-refractivity contribution is -0.0941. The van der Waals surface area contributed by atoms with Crippen molar-refractivity contribution in [2.45, 2.75) is 19.5 Å². The van der Waals surface area contributed by atoms with E-state index in [0.29, 0.717) is 0 Å².